The van der Waals surface area contributed by atoms with Gasteiger partial charge in [-0.05, 0) is 37.1 Å². The molecule has 1 heterocycles. The lowest BCUT2D eigenvalue weighted by Crippen LogP contribution is -2.00. The van der Waals surface area contributed by atoms with Crippen molar-refractivity contribution in [1.29, 1.82) is 0 Å². The molecule has 0 aliphatic rings. The van der Waals surface area contributed by atoms with Crippen LogP contribution in [0.25, 0.3) is 11.4 Å². The number of nitrogens with zero attached hydrogens (tertiary/aromatic N) is 2. The third kappa shape index (κ3) is 2.42. The monoisotopic (exact) mass is 243 g/mol. The highest BCUT2D eigenvalue weighted by Crippen LogP contribution is 2.24. The molecule has 2 rings (SSSR count). The topological polar surface area (TPSA) is 61.0 Å². The van der Waals surface area contributed by atoms with Crippen LogP contribution in [0.5, 0.6) is 5.75 Å². The molecule has 0 radical (unpaired) electrons. The van der Waals surface area contributed by atoms with Gasteiger partial charge >= 0.3 is 0 Å². The second kappa shape index (κ2) is 5.04. The molecule has 18 heavy (non-hydrogen) atoms. The van der Waals surface area contributed by atoms with Gasteiger partial charge in [0, 0.05) is 17.3 Å². The number of ether oxygens (including phenoxy) is 1. The van der Waals surface area contributed by atoms with Gasteiger partial charge in [-0.25, -0.2) is 9.97 Å². The highest BCUT2D eigenvalue weighted by Gasteiger charge is 2.07. The second-order valence-electron chi connectivity index (χ2n) is 4.15. The SMILES string of the molecule is CCc1cc(N)nc(-c2ccc(OC)c(C)c2)n1. The normalized spacial score (nSPS) is 10.4. The zero-order chi connectivity index (χ0) is 13.1. The van der Waals surface area contributed by atoms with Gasteiger partial charge in [-0.2, -0.15) is 0 Å². The van der Waals surface area contributed by atoms with E-state index in [4.69, 9.17) is 10.5 Å². The maximum Gasteiger partial charge on any atom is 0.161 e. The fourth-order valence-electron chi connectivity index (χ4n) is 1.85. The molecule has 4 nitrogen and oxygen atoms in total. The van der Waals surface area contributed by atoms with E-state index in [1.165, 1.54) is 0 Å². The first kappa shape index (κ1) is 12.4. The molecular weight excluding hydrogens is 226 g/mol. The minimum Gasteiger partial charge on any atom is -0.496 e. The first-order valence-corrected chi connectivity index (χ1v) is 5.92. The standard InChI is InChI=1S/C14H17N3O/c1-4-11-8-13(15)17-14(16-11)10-5-6-12(18-3)9(2)7-10/h5-8H,4H2,1-3H3,(H2,15,16,17). The molecular formula is C14H17N3O. The molecule has 1 aromatic heterocycles. The van der Waals surface area contributed by atoms with E-state index in [0.717, 1.165) is 29.0 Å². The molecule has 0 aliphatic heterocycles. The number of nitrogens with two attached hydrogens (primary N) is 1. The van der Waals surface area contributed by atoms with E-state index in [1.807, 2.05) is 32.0 Å². The highest BCUT2D eigenvalue weighted by atomic mass is 16.5. The molecule has 0 fully saturated rings. The molecule has 0 unspecified atom stereocenters. The van der Waals surface area contributed by atoms with Crippen LogP contribution in [0.15, 0.2) is 24.3 Å². The van der Waals surface area contributed by atoms with Crippen molar-refractivity contribution in [3.63, 3.8) is 0 Å². The van der Waals surface area contributed by atoms with Gasteiger partial charge in [-0.15, -0.1) is 0 Å². The zero-order valence-electron chi connectivity index (χ0n) is 10.9. The minimum absolute atomic E-state index is 0.505. The Morgan fingerprint density at radius 2 is 2.00 bits per heavy atom. The third-order valence-electron chi connectivity index (χ3n) is 2.81. The van der Waals surface area contributed by atoms with Gasteiger partial charge in [-0.1, -0.05) is 6.92 Å². The van der Waals surface area contributed by atoms with E-state index < -0.39 is 0 Å². The number of hydrogen-bond acceptors (Lipinski definition) is 4. The van der Waals surface area contributed by atoms with Crippen LogP contribution in [0.3, 0.4) is 0 Å². The summed E-state index contributed by atoms with van der Waals surface area (Å²) in [5.41, 5.74) is 8.75. The maximum atomic E-state index is 5.79. The molecule has 0 saturated heterocycles. The first-order valence-electron chi connectivity index (χ1n) is 5.92. The predicted molar refractivity (Wildman–Crippen MR) is 72.5 cm³/mol. The van der Waals surface area contributed by atoms with Crippen molar-refractivity contribution in [2.75, 3.05) is 12.8 Å². The van der Waals surface area contributed by atoms with E-state index in [2.05, 4.69) is 9.97 Å². The Hall–Kier alpha value is -2.10. The quantitative estimate of drug-likeness (QED) is 0.900. The van der Waals surface area contributed by atoms with Crippen molar-refractivity contribution in [1.82, 2.24) is 9.97 Å². The van der Waals surface area contributed by atoms with Crippen LogP contribution < -0.4 is 10.5 Å². The molecule has 1 aromatic carbocycles. The molecule has 0 spiro atoms. The Morgan fingerprint density at radius 1 is 1.22 bits per heavy atom. The summed E-state index contributed by atoms with van der Waals surface area (Å²) in [4.78, 5) is 8.76. The molecule has 0 saturated carbocycles. The van der Waals surface area contributed by atoms with Crippen molar-refractivity contribution in [3.8, 4) is 17.1 Å². The van der Waals surface area contributed by atoms with Crippen molar-refractivity contribution >= 4 is 5.82 Å². The third-order valence-corrected chi connectivity index (χ3v) is 2.81. The number of benzene rings is 1. The number of hydrogen-bond donors (Lipinski definition) is 1. The van der Waals surface area contributed by atoms with Gasteiger partial charge in [-0.3, -0.25) is 0 Å². The number of aromatic nitrogens is 2. The highest BCUT2D eigenvalue weighted by molar-refractivity contribution is 5.60. The van der Waals surface area contributed by atoms with Crippen LogP contribution >= 0.6 is 0 Å². The van der Waals surface area contributed by atoms with E-state index in [1.54, 1.807) is 13.2 Å². The molecule has 2 aromatic rings. The van der Waals surface area contributed by atoms with E-state index in [0.29, 0.717) is 11.6 Å². The van der Waals surface area contributed by atoms with Crippen LogP contribution in [0.4, 0.5) is 5.82 Å². The van der Waals surface area contributed by atoms with Gasteiger partial charge in [0.05, 0.1) is 7.11 Å². The van der Waals surface area contributed by atoms with Crippen LogP contribution in [0, 0.1) is 6.92 Å². The van der Waals surface area contributed by atoms with E-state index >= 15 is 0 Å². The van der Waals surface area contributed by atoms with Gasteiger partial charge < -0.3 is 10.5 Å². The number of aryl methyl sites for hydroxylation is 2. The summed E-state index contributed by atoms with van der Waals surface area (Å²) < 4.78 is 5.24. The predicted octanol–water partition coefficient (Wildman–Crippen LogP) is 2.61. The Morgan fingerprint density at radius 3 is 2.61 bits per heavy atom. The fraction of sp³-hybridized carbons (Fsp3) is 0.286. The molecule has 94 valence electrons. The zero-order valence-corrected chi connectivity index (χ0v) is 10.9. The second-order valence-corrected chi connectivity index (χ2v) is 4.15. The lowest BCUT2D eigenvalue weighted by atomic mass is 10.1. The molecule has 4 heteroatoms. The van der Waals surface area contributed by atoms with Crippen molar-refractivity contribution in [2.24, 2.45) is 0 Å². The Labute approximate surface area is 107 Å². The van der Waals surface area contributed by atoms with Gasteiger partial charge in [0.2, 0.25) is 0 Å². The van der Waals surface area contributed by atoms with Crippen LogP contribution in [-0.4, -0.2) is 17.1 Å². The van der Waals surface area contributed by atoms with Crippen molar-refractivity contribution in [2.45, 2.75) is 20.3 Å². The summed E-state index contributed by atoms with van der Waals surface area (Å²) in [6.07, 6.45) is 0.842. The van der Waals surface area contributed by atoms with E-state index in [-0.39, 0.29) is 0 Å². The summed E-state index contributed by atoms with van der Waals surface area (Å²) in [7, 11) is 1.66. The Balaban J connectivity index is 2.48. The average molecular weight is 243 g/mol. The summed E-state index contributed by atoms with van der Waals surface area (Å²) >= 11 is 0. The summed E-state index contributed by atoms with van der Waals surface area (Å²) in [6, 6.07) is 7.68. The first-order chi connectivity index (χ1) is 8.63. The molecule has 2 N–H and O–H groups in total. The van der Waals surface area contributed by atoms with Gasteiger partial charge in [0.1, 0.15) is 11.6 Å². The Bertz CT molecular complexity index is 567. The lowest BCUT2D eigenvalue weighted by molar-refractivity contribution is 0.412. The van der Waals surface area contributed by atoms with Crippen LogP contribution in [-0.2, 0) is 6.42 Å². The molecule has 0 amide bonds. The lowest BCUT2D eigenvalue weighted by Gasteiger charge is -2.08. The molecule has 0 bridgehead atoms. The smallest absolute Gasteiger partial charge is 0.161 e. The summed E-state index contributed by atoms with van der Waals surface area (Å²) in [5, 5.41) is 0. The average Bonchev–Trinajstić information content (AvgIpc) is 2.37. The van der Waals surface area contributed by atoms with Gasteiger partial charge in [0.25, 0.3) is 0 Å². The minimum atomic E-state index is 0.505. The van der Waals surface area contributed by atoms with Crippen molar-refractivity contribution in [3.05, 3.63) is 35.5 Å². The molecule has 0 aliphatic carbocycles. The van der Waals surface area contributed by atoms with Crippen LogP contribution in [0.1, 0.15) is 18.2 Å². The molecule has 0 atom stereocenters. The van der Waals surface area contributed by atoms with Crippen molar-refractivity contribution < 1.29 is 4.74 Å². The number of anilines is 1. The Kier molecular flexibility index (Phi) is 3.46. The maximum absolute atomic E-state index is 5.79. The largest absolute Gasteiger partial charge is 0.496 e. The van der Waals surface area contributed by atoms with Crippen LogP contribution in [0.2, 0.25) is 0 Å². The summed E-state index contributed by atoms with van der Waals surface area (Å²) in [6.45, 7) is 4.04. The summed E-state index contributed by atoms with van der Waals surface area (Å²) in [5.74, 6) is 2.03. The van der Waals surface area contributed by atoms with E-state index in [9.17, 15) is 0 Å². The van der Waals surface area contributed by atoms with Gasteiger partial charge in [0.15, 0.2) is 5.82 Å². The number of rotatable bonds is 3. The number of nitrogen functional groups attached to an aromatic ring is 1. The number of methoxy groups -OCH3 is 1. The fourth-order valence-corrected chi connectivity index (χ4v) is 1.85.